The van der Waals surface area contributed by atoms with Crippen LogP contribution in [0.3, 0.4) is 0 Å². The molecule has 1 aliphatic rings. The van der Waals surface area contributed by atoms with Crippen LogP contribution in [0.15, 0.2) is 41.2 Å². The van der Waals surface area contributed by atoms with Gasteiger partial charge in [-0.05, 0) is 50.3 Å². The maximum absolute atomic E-state index is 12.7. The van der Waals surface area contributed by atoms with Gasteiger partial charge < -0.3 is 15.0 Å². The second-order valence-corrected chi connectivity index (χ2v) is 12.9. The average Bonchev–Trinajstić information content (AvgIpc) is 2.89. The third-order valence-corrected chi connectivity index (χ3v) is 6.83. The van der Waals surface area contributed by atoms with Crippen LogP contribution in [-0.4, -0.2) is 62.2 Å². The molecule has 10 heteroatoms. The molecule has 2 aromatic heterocycles. The average molecular weight is 560 g/mol. The lowest BCUT2D eigenvalue weighted by Crippen LogP contribution is -2.49. The highest BCUT2D eigenvalue weighted by Crippen LogP contribution is 2.24. The highest BCUT2D eigenvalue weighted by molar-refractivity contribution is 5.81. The summed E-state index contributed by atoms with van der Waals surface area (Å²) in [6.07, 6.45) is -0.252. The molecule has 3 heterocycles. The zero-order chi connectivity index (χ0) is 29.9. The molecule has 4 rings (SSSR count). The summed E-state index contributed by atoms with van der Waals surface area (Å²) >= 11 is 0. The molecular weight excluding hydrogens is 518 g/mol. The summed E-state index contributed by atoms with van der Waals surface area (Å²) in [5, 5.41) is 13.6. The molecule has 0 aliphatic carbocycles. The number of carbonyl (C=O) groups is 1. The lowest BCUT2D eigenvalue weighted by molar-refractivity contribution is 0.0139. The van der Waals surface area contributed by atoms with Crippen molar-refractivity contribution in [3.63, 3.8) is 0 Å². The van der Waals surface area contributed by atoms with E-state index in [2.05, 4.69) is 71.3 Å². The molecule has 1 amide bonds. The number of nitriles is 1. The monoisotopic (exact) mass is 559 g/mol. The number of fused-ring (bicyclic) bond motifs is 1. The van der Waals surface area contributed by atoms with Crippen molar-refractivity contribution >= 4 is 23.1 Å². The van der Waals surface area contributed by atoms with E-state index >= 15 is 0 Å². The van der Waals surface area contributed by atoms with Gasteiger partial charge in [0.15, 0.2) is 5.69 Å². The van der Waals surface area contributed by atoms with Gasteiger partial charge in [0.25, 0.3) is 5.56 Å². The molecule has 1 N–H and O–H groups in total. The molecule has 218 valence electrons. The number of nitrogens with zero attached hydrogens (tertiary/aromatic N) is 6. The first-order valence-corrected chi connectivity index (χ1v) is 14.1. The number of hydrogen-bond donors (Lipinski definition) is 1. The fourth-order valence-corrected chi connectivity index (χ4v) is 4.80. The minimum absolute atomic E-state index is 0.128. The molecular formula is C31H41N7O3. The van der Waals surface area contributed by atoms with Gasteiger partial charge in [-0.3, -0.25) is 14.3 Å². The SMILES string of the molecule is C[C@H](Nc1nc(C#N)c2ccc(=O)n(CC(C)(C)C)c2n1)c1ccc(CN2CCN(C(=O)OC(C)(C)C)CC2)cc1. The Balaban J connectivity index is 1.42. The number of piperazine rings is 1. The number of hydrogen-bond acceptors (Lipinski definition) is 8. The zero-order valence-electron chi connectivity index (χ0n) is 25.2. The predicted molar refractivity (Wildman–Crippen MR) is 160 cm³/mol. The van der Waals surface area contributed by atoms with Gasteiger partial charge >= 0.3 is 6.09 Å². The van der Waals surface area contributed by atoms with Gasteiger partial charge in [-0.25, -0.2) is 9.78 Å². The van der Waals surface area contributed by atoms with Crippen molar-refractivity contribution in [2.45, 2.75) is 73.2 Å². The zero-order valence-corrected chi connectivity index (χ0v) is 25.2. The Morgan fingerprint density at radius 2 is 1.68 bits per heavy atom. The normalized spacial score (nSPS) is 15.4. The number of rotatable bonds is 6. The number of anilines is 1. The minimum Gasteiger partial charge on any atom is -0.444 e. The summed E-state index contributed by atoms with van der Waals surface area (Å²) in [4.78, 5) is 38.3. The molecule has 1 atom stereocenters. The number of ether oxygens (including phenoxy) is 1. The van der Waals surface area contributed by atoms with Crippen LogP contribution in [0.5, 0.6) is 0 Å². The van der Waals surface area contributed by atoms with Crippen molar-refractivity contribution in [1.29, 1.82) is 5.26 Å². The molecule has 0 saturated carbocycles. The molecule has 1 aromatic carbocycles. The number of benzene rings is 1. The summed E-state index contributed by atoms with van der Waals surface area (Å²) < 4.78 is 7.12. The van der Waals surface area contributed by atoms with Crippen molar-refractivity contribution in [3.05, 3.63) is 63.6 Å². The first-order valence-electron chi connectivity index (χ1n) is 14.1. The summed E-state index contributed by atoms with van der Waals surface area (Å²) in [6.45, 7) is 18.0. The van der Waals surface area contributed by atoms with E-state index in [-0.39, 0.29) is 28.8 Å². The fraction of sp³-hybridized carbons (Fsp3) is 0.516. The van der Waals surface area contributed by atoms with Crippen molar-refractivity contribution in [2.75, 3.05) is 31.5 Å². The predicted octanol–water partition coefficient (Wildman–Crippen LogP) is 4.94. The third kappa shape index (κ3) is 7.82. The van der Waals surface area contributed by atoms with Crippen LogP contribution < -0.4 is 10.9 Å². The standard InChI is InChI=1S/C31H41N7O3/c1-21(33-28-34-25(18-32)24-12-13-26(39)38(27(24)35-28)20-30(2,3)4)23-10-8-22(9-11-23)19-36-14-16-37(17-15-36)29(40)41-31(5,6)7/h8-13,21H,14-17,19-20H2,1-7H3,(H,33,34,35)/t21-/m0/s1. The van der Waals surface area contributed by atoms with Gasteiger partial charge in [0, 0.05) is 45.3 Å². The Kier molecular flexibility index (Phi) is 8.69. The molecule has 0 bridgehead atoms. The lowest BCUT2D eigenvalue weighted by atomic mass is 9.96. The Labute approximate surface area is 242 Å². The quantitative estimate of drug-likeness (QED) is 0.452. The number of amides is 1. The van der Waals surface area contributed by atoms with Crippen molar-refractivity contribution < 1.29 is 9.53 Å². The van der Waals surface area contributed by atoms with Crippen LogP contribution in [-0.2, 0) is 17.8 Å². The van der Waals surface area contributed by atoms with E-state index in [1.165, 1.54) is 11.6 Å². The Hall–Kier alpha value is -3.97. The van der Waals surface area contributed by atoms with Crippen molar-refractivity contribution in [3.8, 4) is 6.07 Å². The van der Waals surface area contributed by atoms with Gasteiger partial charge in [-0.15, -0.1) is 0 Å². The lowest BCUT2D eigenvalue weighted by Gasteiger charge is -2.35. The fourth-order valence-electron chi connectivity index (χ4n) is 4.80. The highest BCUT2D eigenvalue weighted by atomic mass is 16.6. The van der Waals surface area contributed by atoms with Crippen LogP contribution in [0.1, 0.15) is 71.3 Å². The highest BCUT2D eigenvalue weighted by Gasteiger charge is 2.26. The second-order valence-electron chi connectivity index (χ2n) is 12.9. The Morgan fingerprint density at radius 1 is 1.02 bits per heavy atom. The van der Waals surface area contributed by atoms with Gasteiger partial charge in [0.1, 0.15) is 17.3 Å². The maximum Gasteiger partial charge on any atom is 0.410 e. The Bertz CT molecular complexity index is 1490. The molecule has 1 saturated heterocycles. The van der Waals surface area contributed by atoms with Gasteiger partial charge in [-0.1, -0.05) is 45.0 Å². The van der Waals surface area contributed by atoms with E-state index in [4.69, 9.17) is 4.74 Å². The number of pyridine rings is 1. The van der Waals surface area contributed by atoms with Crippen molar-refractivity contribution in [1.82, 2.24) is 24.3 Å². The molecule has 0 unspecified atom stereocenters. The Morgan fingerprint density at radius 3 is 2.27 bits per heavy atom. The maximum atomic E-state index is 12.7. The third-order valence-electron chi connectivity index (χ3n) is 6.83. The molecule has 41 heavy (non-hydrogen) atoms. The van der Waals surface area contributed by atoms with Crippen LogP contribution in [0.4, 0.5) is 10.7 Å². The van der Waals surface area contributed by atoms with E-state index < -0.39 is 5.60 Å². The first kappa shape index (κ1) is 30.0. The van der Waals surface area contributed by atoms with Crippen LogP contribution in [0.2, 0.25) is 0 Å². The molecule has 1 aliphatic heterocycles. The molecule has 3 aromatic rings. The van der Waals surface area contributed by atoms with Gasteiger partial charge in [-0.2, -0.15) is 10.2 Å². The molecule has 0 radical (unpaired) electrons. The van der Waals surface area contributed by atoms with Gasteiger partial charge in [0.2, 0.25) is 5.95 Å². The summed E-state index contributed by atoms with van der Waals surface area (Å²) in [7, 11) is 0. The van der Waals surface area contributed by atoms with Crippen LogP contribution in [0, 0.1) is 16.7 Å². The number of carbonyl (C=O) groups excluding carboxylic acids is 1. The summed E-state index contributed by atoms with van der Waals surface area (Å²) in [6, 6.07) is 13.5. The molecule has 10 nitrogen and oxygen atoms in total. The summed E-state index contributed by atoms with van der Waals surface area (Å²) in [5.74, 6) is 0.307. The van der Waals surface area contributed by atoms with E-state index in [9.17, 15) is 14.9 Å². The van der Waals surface area contributed by atoms with Crippen molar-refractivity contribution in [2.24, 2.45) is 5.41 Å². The van der Waals surface area contributed by atoms with E-state index in [1.54, 1.807) is 15.5 Å². The van der Waals surface area contributed by atoms with E-state index in [1.807, 2.05) is 27.7 Å². The number of aromatic nitrogens is 3. The topological polar surface area (TPSA) is 116 Å². The van der Waals surface area contributed by atoms with E-state index in [0.29, 0.717) is 36.6 Å². The summed E-state index contributed by atoms with van der Waals surface area (Å²) in [5.41, 5.74) is 2.12. The largest absolute Gasteiger partial charge is 0.444 e. The van der Waals surface area contributed by atoms with Crippen LogP contribution >= 0.6 is 0 Å². The second kappa shape index (κ2) is 11.9. The smallest absolute Gasteiger partial charge is 0.410 e. The molecule has 1 fully saturated rings. The first-order chi connectivity index (χ1) is 19.2. The molecule has 0 spiro atoms. The van der Waals surface area contributed by atoms with E-state index in [0.717, 1.165) is 25.2 Å². The van der Waals surface area contributed by atoms with Gasteiger partial charge in [0.05, 0.1) is 11.4 Å². The number of nitrogens with one attached hydrogen (secondary N) is 1. The minimum atomic E-state index is -0.491. The van der Waals surface area contributed by atoms with Crippen LogP contribution in [0.25, 0.3) is 11.0 Å².